The molecule has 0 saturated heterocycles. The lowest BCUT2D eigenvalue weighted by Crippen LogP contribution is -2.76. The average Bonchev–Trinajstić information content (AvgIpc) is 2.77. The quantitative estimate of drug-likeness (QED) is 0.293. The zero-order chi connectivity index (χ0) is 24.6. The van der Waals surface area contributed by atoms with Crippen LogP contribution in [0.4, 0.5) is 0 Å². The standard InChI is InChI=1S/C22H18O11/c1-7-13-8(5-10(23)14(7)20(29)33-3)4-9-15(16(13)25)19(28)21(30)12(24)6-11(32-2)18(27)22(21,31)17(9)26/h4-6,12,23-25,30-31H,1-3H3. The van der Waals surface area contributed by atoms with Gasteiger partial charge in [-0.15, -0.1) is 0 Å². The molecule has 0 spiro atoms. The average molecular weight is 458 g/mol. The predicted octanol–water partition coefficient (Wildman–Crippen LogP) is -0.339. The number of aryl methyl sites for hydroxylation is 1. The number of methoxy groups -OCH3 is 2. The van der Waals surface area contributed by atoms with Crippen molar-refractivity contribution in [2.75, 3.05) is 14.2 Å². The van der Waals surface area contributed by atoms with Gasteiger partial charge in [0.2, 0.25) is 28.6 Å². The van der Waals surface area contributed by atoms with E-state index in [1.165, 1.54) is 6.92 Å². The molecule has 11 nitrogen and oxygen atoms in total. The summed E-state index contributed by atoms with van der Waals surface area (Å²) in [4.78, 5) is 51.5. The minimum atomic E-state index is -3.44. The Hall–Kier alpha value is -3.80. The molecular formula is C22H18O11. The van der Waals surface area contributed by atoms with Crippen LogP contribution in [0.5, 0.6) is 11.5 Å². The molecule has 3 unspecified atom stereocenters. The second kappa shape index (κ2) is 6.85. The Kier molecular flexibility index (Phi) is 4.65. The largest absolute Gasteiger partial charge is 0.507 e. The maximum absolute atomic E-state index is 13.3. The van der Waals surface area contributed by atoms with Crippen LogP contribution in [-0.4, -0.2) is 80.4 Å². The molecule has 0 aliphatic heterocycles. The molecule has 2 aliphatic carbocycles. The lowest BCUT2D eigenvalue weighted by Gasteiger charge is -2.47. The number of benzene rings is 2. The molecule has 0 heterocycles. The summed E-state index contributed by atoms with van der Waals surface area (Å²) in [6, 6.07) is 2.04. The molecule has 0 amide bonds. The second-order valence-electron chi connectivity index (χ2n) is 7.78. The topological polar surface area (TPSA) is 188 Å². The van der Waals surface area contributed by atoms with Crippen LogP contribution >= 0.6 is 0 Å². The summed E-state index contributed by atoms with van der Waals surface area (Å²) in [5.74, 6) is -7.44. The second-order valence-corrected chi connectivity index (χ2v) is 7.78. The maximum atomic E-state index is 13.3. The zero-order valence-corrected chi connectivity index (χ0v) is 17.5. The highest BCUT2D eigenvalue weighted by Gasteiger charge is 2.73. The third-order valence-electron chi connectivity index (χ3n) is 6.23. The van der Waals surface area contributed by atoms with E-state index in [2.05, 4.69) is 4.74 Å². The van der Waals surface area contributed by atoms with E-state index in [1.54, 1.807) is 0 Å². The summed E-state index contributed by atoms with van der Waals surface area (Å²) in [6.07, 6.45) is -1.58. The number of esters is 1. The summed E-state index contributed by atoms with van der Waals surface area (Å²) < 4.78 is 9.39. The van der Waals surface area contributed by atoms with E-state index in [0.29, 0.717) is 6.08 Å². The Morgan fingerprint density at radius 3 is 2.24 bits per heavy atom. The minimum absolute atomic E-state index is 0.00735. The maximum Gasteiger partial charge on any atom is 0.341 e. The smallest absolute Gasteiger partial charge is 0.341 e. The Labute approximate surface area is 185 Å². The number of phenols is 2. The van der Waals surface area contributed by atoms with E-state index in [9.17, 15) is 44.7 Å². The molecule has 2 aliphatic rings. The van der Waals surface area contributed by atoms with Gasteiger partial charge in [0.15, 0.2) is 5.76 Å². The van der Waals surface area contributed by atoms with Gasteiger partial charge in [-0.1, -0.05) is 0 Å². The number of fused-ring (bicyclic) bond motifs is 3. The van der Waals surface area contributed by atoms with Crippen molar-refractivity contribution in [3.63, 3.8) is 0 Å². The molecule has 3 atom stereocenters. The van der Waals surface area contributed by atoms with Crippen molar-refractivity contribution in [1.29, 1.82) is 0 Å². The van der Waals surface area contributed by atoms with Gasteiger partial charge in [-0.2, -0.15) is 0 Å². The third kappa shape index (κ3) is 2.43. The number of phenolic OH excluding ortho intramolecular Hbond substituents is 2. The first-order chi connectivity index (χ1) is 15.4. The van der Waals surface area contributed by atoms with E-state index in [-0.39, 0.29) is 21.9 Å². The number of hydrogen-bond donors (Lipinski definition) is 5. The normalized spacial score (nSPS) is 26.5. The van der Waals surface area contributed by atoms with Gasteiger partial charge in [0, 0.05) is 10.9 Å². The Morgan fingerprint density at radius 2 is 1.67 bits per heavy atom. The number of aliphatic hydroxyl groups is 3. The van der Waals surface area contributed by atoms with Gasteiger partial charge in [-0.25, -0.2) is 4.79 Å². The van der Waals surface area contributed by atoms with E-state index in [1.807, 2.05) is 0 Å². The first-order valence-electron chi connectivity index (χ1n) is 9.51. The fraction of sp³-hybridized carbons (Fsp3) is 0.273. The van der Waals surface area contributed by atoms with Gasteiger partial charge in [-0.3, -0.25) is 14.4 Å². The van der Waals surface area contributed by atoms with Crippen LogP contribution in [0, 0.1) is 6.92 Å². The SMILES string of the molecule is COC(=O)c1c(O)cc2cc3c(c(O)c2c1C)C(=O)C1(O)C(O)C=C(OC)C(=O)C1(O)C3=O. The Balaban J connectivity index is 2.12. The lowest BCUT2D eigenvalue weighted by molar-refractivity contribution is -0.170. The van der Waals surface area contributed by atoms with Crippen molar-refractivity contribution < 1.29 is 54.2 Å². The molecule has 4 rings (SSSR count). The van der Waals surface area contributed by atoms with Gasteiger partial charge in [0.1, 0.15) is 23.2 Å². The van der Waals surface area contributed by atoms with Crippen LogP contribution in [0.3, 0.4) is 0 Å². The lowest BCUT2D eigenvalue weighted by atomic mass is 9.60. The summed E-state index contributed by atoms with van der Waals surface area (Å²) in [7, 11) is 2.09. The van der Waals surface area contributed by atoms with E-state index >= 15 is 0 Å². The van der Waals surface area contributed by atoms with Crippen LogP contribution < -0.4 is 0 Å². The molecule has 0 fully saturated rings. The van der Waals surface area contributed by atoms with Crippen molar-refractivity contribution in [2.24, 2.45) is 0 Å². The van der Waals surface area contributed by atoms with Crippen LogP contribution in [0.1, 0.15) is 36.6 Å². The number of ether oxygens (including phenoxy) is 2. The predicted molar refractivity (Wildman–Crippen MR) is 108 cm³/mol. The number of aromatic hydroxyl groups is 2. The van der Waals surface area contributed by atoms with E-state index in [0.717, 1.165) is 26.4 Å². The van der Waals surface area contributed by atoms with Crippen molar-refractivity contribution in [1.82, 2.24) is 0 Å². The van der Waals surface area contributed by atoms with Gasteiger partial charge in [0.05, 0.1) is 19.8 Å². The van der Waals surface area contributed by atoms with Crippen molar-refractivity contribution in [2.45, 2.75) is 24.2 Å². The molecule has 172 valence electrons. The molecule has 0 aromatic heterocycles. The summed E-state index contributed by atoms with van der Waals surface area (Å²) >= 11 is 0. The molecule has 11 heteroatoms. The summed E-state index contributed by atoms with van der Waals surface area (Å²) in [5, 5.41) is 53.7. The first kappa shape index (κ1) is 22.4. The van der Waals surface area contributed by atoms with Crippen molar-refractivity contribution >= 4 is 34.1 Å². The number of rotatable bonds is 2. The minimum Gasteiger partial charge on any atom is -0.507 e. The molecule has 0 bridgehead atoms. The fourth-order valence-corrected chi connectivity index (χ4v) is 4.53. The highest BCUT2D eigenvalue weighted by Crippen LogP contribution is 2.49. The monoisotopic (exact) mass is 458 g/mol. The van der Waals surface area contributed by atoms with E-state index < -0.39 is 69.0 Å². The van der Waals surface area contributed by atoms with Gasteiger partial charge in [-0.05, 0) is 36.1 Å². The highest BCUT2D eigenvalue weighted by molar-refractivity contribution is 6.35. The molecule has 2 aromatic carbocycles. The fourth-order valence-electron chi connectivity index (χ4n) is 4.53. The van der Waals surface area contributed by atoms with Crippen LogP contribution in [0.25, 0.3) is 10.8 Å². The molecule has 2 aromatic rings. The van der Waals surface area contributed by atoms with Crippen LogP contribution in [0.2, 0.25) is 0 Å². The number of Topliss-reactive ketones (excluding diaryl/α,β-unsaturated/α-hetero) is 3. The van der Waals surface area contributed by atoms with Gasteiger partial charge >= 0.3 is 5.97 Å². The highest BCUT2D eigenvalue weighted by atomic mass is 16.5. The molecular weight excluding hydrogens is 440 g/mol. The van der Waals surface area contributed by atoms with E-state index in [4.69, 9.17) is 4.74 Å². The van der Waals surface area contributed by atoms with Gasteiger partial charge < -0.3 is 35.0 Å². The number of ketones is 3. The third-order valence-corrected chi connectivity index (χ3v) is 6.23. The van der Waals surface area contributed by atoms with Crippen molar-refractivity contribution in [3.05, 3.63) is 46.2 Å². The number of carbonyl (C=O) groups is 4. The van der Waals surface area contributed by atoms with Crippen LogP contribution in [-0.2, 0) is 14.3 Å². The Morgan fingerprint density at radius 1 is 1.03 bits per heavy atom. The number of aliphatic hydroxyl groups excluding tert-OH is 1. The first-order valence-corrected chi connectivity index (χ1v) is 9.51. The molecule has 0 saturated carbocycles. The van der Waals surface area contributed by atoms with Crippen LogP contribution in [0.15, 0.2) is 24.0 Å². The number of carbonyl (C=O) groups excluding carboxylic acids is 4. The van der Waals surface area contributed by atoms with Crippen molar-refractivity contribution in [3.8, 4) is 11.5 Å². The Bertz CT molecular complexity index is 1340. The summed E-state index contributed by atoms with van der Waals surface area (Å²) in [5.41, 5.74) is -8.54. The zero-order valence-electron chi connectivity index (χ0n) is 17.5. The number of hydrogen-bond acceptors (Lipinski definition) is 11. The molecule has 33 heavy (non-hydrogen) atoms. The molecule has 5 N–H and O–H groups in total. The summed E-state index contributed by atoms with van der Waals surface area (Å²) in [6.45, 7) is 1.34. The molecule has 0 radical (unpaired) electrons. The van der Waals surface area contributed by atoms with Gasteiger partial charge in [0.25, 0.3) is 0 Å².